The molecule has 4 nitrogen and oxygen atoms in total. The summed E-state index contributed by atoms with van der Waals surface area (Å²) < 4.78 is 0. The predicted octanol–water partition coefficient (Wildman–Crippen LogP) is 5.30. The Morgan fingerprint density at radius 3 is 1.86 bits per heavy atom. The summed E-state index contributed by atoms with van der Waals surface area (Å²) in [6.45, 7) is 4.12. The second kappa shape index (κ2) is 19.6. The average Bonchev–Trinajstić information content (AvgIpc) is 2.70. The van der Waals surface area contributed by atoms with Crippen LogP contribution in [0.15, 0.2) is 12.2 Å². The van der Waals surface area contributed by atoms with Crippen LogP contribution in [0.1, 0.15) is 110 Å². The molecule has 0 fully saturated rings. The number of rotatable bonds is 20. The first-order chi connectivity index (χ1) is 13.6. The van der Waals surface area contributed by atoms with Gasteiger partial charge in [0, 0.05) is 12.3 Å². The average molecular weight is 398 g/mol. The SMILES string of the molecule is CCCCCCCCCCCCC(C=CC(O)C(N)CO)C(=O)CCCCC. The zero-order valence-corrected chi connectivity index (χ0v) is 18.6. The Hall–Kier alpha value is -0.710. The third kappa shape index (κ3) is 15.2. The fraction of sp³-hybridized carbons (Fsp3) is 0.875. The third-order valence-electron chi connectivity index (χ3n) is 5.50. The van der Waals surface area contributed by atoms with Gasteiger partial charge in [-0.2, -0.15) is 0 Å². The maximum Gasteiger partial charge on any atom is 0.139 e. The van der Waals surface area contributed by atoms with Crippen LogP contribution in [-0.2, 0) is 4.79 Å². The van der Waals surface area contributed by atoms with Crippen molar-refractivity contribution in [1.82, 2.24) is 0 Å². The molecular weight excluding hydrogens is 350 g/mol. The van der Waals surface area contributed by atoms with Crippen molar-refractivity contribution in [3.05, 3.63) is 12.2 Å². The molecule has 0 saturated carbocycles. The summed E-state index contributed by atoms with van der Waals surface area (Å²) in [6.07, 6.45) is 19.9. The van der Waals surface area contributed by atoms with Crippen molar-refractivity contribution in [2.45, 2.75) is 122 Å². The molecule has 4 N–H and O–H groups in total. The van der Waals surface area contributed by atoms with Crippen LogP contribution in [0.3, 0.4) is 0 Å². The van der Waals surface area contributed by atoms with Crippen LogP contribution in [0.5, 0.6) is 0 Å². The van der Waals surface area contributed by atoms with Gasteiger partial charge in [-0.25, -0.2) is 0 Å². The highest BCUT2D eigenvalue weighted by Crippen LogP contribution is 2.18. The number of aliphatic hydroxyl groups is 2. The molecule has 0 aliphatic carbocycles. The molecule has 0 saturated heterocycles. The first-order valence-electron chi connectivity index (χ1n) is 11.8. The van der Waals surface area contributed by atoms with Crippen molar-refractivity contribution in [2.24, 2.45) is 11.7 Å². The van der Waals surface area contributed by atoms with Crippen molar-refractivity contribution >= 4 is 5.78 Å². The van der Waals surface area contributed by atoms with Gasteiger partial charge in [-0.05, 0) is 12.8 Å². The van der Waals surface area contributed by atoms with Gasteiger partial charge in [-0.3, -0.25) is 4.79 Å². The standard InChI is InChI=1S/C24H47NO3/c1-3-5-7-8-9-10-11-12-13-15-16-21(23(27)17-14-6-4-2)18-19-24(28)22(25)20-26/h18-19,21-22,24,26,28H,3-17,20,25H2,1-2H3. The number of hydrogen-bond acceptors (Lipinski definition) is 4. The molecular formula is C24H47NO3. The first-order valence-corrected chi connectivity index (χ1v) is 11.8. The molecule has 0 bridgehead atoms. The summed E-state index contributed by atoms with van der Waals surface area (Å²) >= 11 is 0. The summed E-state index contributed by atoms with van der Waals surface area (Å²) in [5, 5.41) is 19.0. The van der Waals surface area contributed by atoms with Gasteiger partial charge in [0.2, 0.25) is 0 Å². The maximum absolute atomic E-state index is 12.5. The molecule has 4 heteroatoms. The summed E-state index contributed by atoms with van der Waals surface area (Å²) in [7, 11) is 0. The maximum atomic E-state index is 12.5. The lowest BCUT2D eigenvalue weighted by Crippen LogP contribution is -2.36. The Balaban J connectivity index is 4.19. The van der Waals surface area contributed by atoms with E-state index in [0.717, 1.165) is 32.1 Å². The quantitative estimate of drug-likeness (QED) is 0.192. The Labute approximate surface area is 174 Å². The topological polar surface area (TPSA) is 83.6 Å². The molecule has 0 aromatic heterocycles. The van der Waals surface area contributed by atoms with Gasteiger partial charge in [0.15, 0.2) is 0 Å². The number of hydrogen-bond donors (Lipinski definition) is 3. The largest absolute Gasteiger partial charge is 0.395 e. The van der Waals surface area contributed by atoms with E-state index in [1.165, 1.54) is 57.8 Å². The molecule has 0 aliphatic heterocycles. The number of aliphatic hydroxyl groups excluding tert-OH is 2. The highest BCUT2D eigenvalue weighted by molar-refractivity contribution is 5.82. The van der Waals surface area contributed by atoms with Crippen molar-refractivity contribution < 1.29 is 15.0 Å². The van der Waals surface area contributed by atoms with Crippen LogP contribution in [0, 0.1) is 5.92 Å². The number of nitrogens with two attached hydrogens (primary N) is 1. The summed E-state index contributed by atoms with van der Waals surface area (Å²) in [5.74, 6) is 0.136. The Morgan fingerprint density at radius 1 is 0.821 bits per heavy atom. The molecule has 28 heavy (non-hydrogen) atoms. The molecule has 0 aromatic carbocycles. The molecule has 0 spiro atoms. The second-order valence-electron chi connectivity index (χ2n) is 8.22. The third-order valence-corrected chi connectivity index (χ3v) is 5.50. The summed E-state index contributed by atoms with van der Waals surface area (Å²) in [4.78, 5) is 12.5. The zero-order chi connectivity index (χ0) is 21.0. The van der Waals surface area contributed by atoms with Crippen molar-refractivity contribution in [3.8, 4) is 0 Å². The van der Waals surface area contributed by atoms with Crippen LogP contribution >= 0.6 is 0 Å². The van der Waals surface area contributed by atoms with E-state index in [1.807, 2.05) is 6.08 Å². The van der Waals surface area contributed by atoms with E-state index in [9.17, 15) is 9.90 Å². The fourth-order valence-electron chi connectivity index (χ4n) is 3.45. The van der Waals surface area contributed by atoms with E-state index in [-0.39, 0.29) is 18.3 Å². The highest BCUT2D eigenvalue weighted by Gasteiger charge is 2.16. The van der Waals surface area contributed by atoms with E-state index in [0.29, 0.717) is 6.42 Å². The van der Waals surface area contributed by atoms with Gasteiger partial charge in [0.25, 0.3) is 0 Å². The zero-order valence-electron chi connectivity index (χ0n) is 18.6. The Morgan fingerprint density at radius 2 is 1.32 bits per heavy atom. The van der Waals surface area contributed by atoms with Gasteiger partial charge in [-0.1, -0.05) is 103 Å². The van der Waals surface area contributed by atoms with Gasteiger partial charge < -0.3 is 15.9 Å². The number of carbonyl (C=O) groups excluding carboxylic acids is 1. The van der Waals surface area contributed by atoms with Crippen molar-refractivity contribution in [1.29, 1.82) is 0 Å². The summed E-state index contributed by atoms with van der Waals surface area (Å²) in [5.41, 5.74) is 5.65. The minimum Gasteiger partial charge on any atom is -0.395 e. The van der Waals surface area contributed by atoms with Crippen LogP contribution in [0.2, 0.25) is 0 Å². The number of Topliss-reactive ketones (excluding diaryl/α,β-unsaturated/α-hetero) is 1. The lowest BCUT2D eigenvalue weighted by atomic mass is 9.92. The van der Waals surface area contributed by atoms with Gasteiger partial charge in [0.1, 0.15) is 5.78 Å². The predicted molar refractivity (Wildman–Crippen MR) is 119 cm³/mol. The van der Waals surface area contributed by atoms with Crippen molar-refractivity contribution in [3.63, 3.8) is 0 Å². The van der Waals surface area contributed by atoms with E-state index < -0.39 is 12.1 Å². The number of allylic oxidation sites excluding steroid dienone is 1. The van der Waals surface area contributed by atoms with Crippen LogP contribution in [-0.4, -0.2) is 34.7 Å². The van der Waals surface area contributed by atoms with Crippen LogP contribution in [0.4, 0.5) is 0 Å². The molecule has 3 unspecified atom stereocenters. The first kappa shape index (κ1) is 27.3. The molecule has 0 aliphatic rings. The van der Waals surface area contributed by atoms with E-state index in [1.54, 1.807) is 6.08 Å². The molecule has 0 amide bonds. The lowest BCUT2D eigenvalue weighted by molar-refractivity contribution is -0.121. The monoisotopic (exact) mass is 397 g/mol. The van der Waals surface area contributed by atoms with Gasteiger partial charge in [-0.15, -0.1) is 0 Å². The Bertz CT molecular complexity index is 384. The molecule has 0 rings (SSSR count). The molecule has 0 radical (unpaired) electrons. The molecule has 3 atom stereocenters. The fourth-order valence-corrected chi connectivity index (χ4v) is 3.45. The smallest absolute Gasteiger partial charge is 0.139 e. The van der Waals surface area contributed by atoms with Gasteiger partial charge in [0.05, 0.1) is 18.8 Å². The van der Waals surface area contributed by atoms with Gasteiger partial charge >= 0.3 is 0 Å². The minimum absolute atomic E-state index is 0.133. The van der Waals surface area contributed by atoms with Crippen LogP contribution in [0.25, 0.3) is 0 Å². The number of ketones is 1. The second-order valence-corrected chi connectivity index (χ2v) is 8.22. The molecule has 0 heterocycles. The Kier molecular flexibility index (Phi) is 19.1. The lowest BCUT2D eigenvalue weighted by Gasteiger charge is -2.15. The highest BCUT2D eigenvalue weighted by atomic mass is 16.3. The van der Waals surface area contributed by atoms with E-state index >= 15 is 0 Å². The van der Waals surface area contributed by atoms with Crippen LogP contribution < -0.4 is 5.73 Å². The number of unbranched alkanes of at least 4 members (excludes halogenated alkanes) is 11. The van der Waals surface area contributed by atoms with E-state index in [4.69, 9.17) is 10.8 Å². The molecule has 166 valence electrons. The molecule has 0 aromatic rings. The normalized spacial score (nSPS) is 15.0. The van der Waals surface area contributed by atoms with E-state index in [2.05, 4.69) is 13.8 Å². The summed E-state index contributed by atoms with van der Waals surface area (Å²) in [6, 6.07) is -0.690. The van der Waals surface area contributed by atoms with Crippen molar-refractivity contribution in [2.75, 3.05) is 6.61 Å². The number of carbonyl (C=O) groups is 1. The minimum atomic E-state index is -0.899.